The molecule has 0 aliphatic carbocycles. The van der Waals surface area contributed by atoms with Crippen LogP contribution in [0.2, 0.25) is 0 Å². The fraction of sp³-hybridized carbons (Fsp3) is 0.684. The van der Waals surface area contributed by atoms with Gasteiger partial charge in [0.2, 0.25) is 17.7 Å². The van der Waals surface area contributed by atoms with Crippen LogP contribution in [0.4, 0.5) is 0 Å². The Labute approximate surface area is 155 Å². The highest BCUT2D eigenvalue weighted by atomic mass is 16.7. The van der Waals surface area contributed by atoms with E-state index in [0.29, 0.717) is 24.2 Å². The van der Waals surface area contributed by atoms with Crippen molar-refractivity contribution in [2.24, 2.45) is 17.3 Å². The van der Waals surface area contributed by atoms with Crippen LogP contribution in [0, 0.1) is 17.3 Å². The quantitative estimate of drug-likeness (QED) is 0.736. The van der Waals surface area contributed by atoms with Gasteiger partial charge in [-0.05, 0) is 24.7 Å². The van der Waals surface area contributed by atoms with Gasteiger partial charge >= 0.3 is 5.97 Å². The minimum absolute atomic E-state index is 0.0315. The van der Waals surface area contributed by atoms with Crippen LogP contribution in [0.5, 0.6) is 11.8 Å². The van der Waals surface area contributed by atoms with Crippen LogP contribution in [-0.2, 0) is 9.59 Å². The lowest BCUT2D eigenvalue weighted by atomic mass is 9.92. The van der Waals surface area contributed by atoms with Gasteiger partial charge in [0.1, 0.15) is 0 Å². The molecule has 2 N–H and O–H groups in total. The molecule has 7 heteroatoms. The Morgan fingerprint density at radius 3 is 2.15 bits per heavy atom. The van der Waals surface area contributed by atoms with Crippen LogP contribution in [-0.4, -0.2) is 44.8 Å². The number of nitrogens with zero attached hydrogens (tertiary/aromatic N) is 2. The number of carbonyl (C=O) groups is 2. The van der Waals surface area contributed by atoms with Gasteiger partial charge in [0.15, 0.2) is 0 Å². The van der Waals surface area contributed by atoms with Crippen molar-refractivity contribution in [2.75, 3.05) is 13.1 Å². The van der Waals surface area contributed by atoms with Gasteiger partial charge in [-0.25, -0.2) is 4.79 Å². The fourth-order valence-electron chi connectivity index (χ4n) is 2.78. The third-order valence-corrected chi connectivity index (χ3v) is 3.89. The molecule has 1 heterocycles. The minimum Gasteiger partial charge on any atom is -0.492 e. The first-order valence-electron chi connectivity index (χ1n) is 9.04. The second kappa shape index (κ2) is 8.96. The summed E-state index contributed by atoms with van der Waals surface area (Å²) in [6, 6.07) is 2.43. The Morgan fingerprint density at radius 1 is 1.19 bits per heavy atom. The maximum absolute atomic E-state index is 12.7. The van der Waals surface area contributed by atoms with E-state index >= 15 is 0 Å². The molecule has 148 valence electrons. The Kier molecular flexibility index (Phi) is 7.54. The molecule has 0 aromatic carbocycles. The van der Waals surface area contributed by atoms with Crippen LogP contribution in [0.3, 0.4) is 0 Å². The highest BCUT2D eigenvalue weighted by molar-refractivity contribution is 5.83. The van der Waals surface area contributed by atoms with Crippen LogP contribution in [0.1, 0.15) is 54.4 Å². The number of carbonyl (C=O) groups excluding carboxylic acids is 2. The van der Waals surface area contributed by atoms with Crippen LogP contribution in [0.15, 0.2) is 12.1 Å². The average molecular weight is 368 g/mol. The molecular formula is C19H32N2O5. The third-order valence-electron chi connectivity index (χ3n) is 3.89. The molecule has 7 nitrogen and oxygen atoms in total. The molecule has 0 saturated carbocycles. The van der Waals surface area contributed by atoms with Gasteiger partial charge in [0.05, 0.1) is 5.92 Å². The van der Waals surface area contributed by atoms with E-state index in [-0.39, 0.29) is 35.4 Å². The van der Waals surface area contributed by atoms with Gasteiger partial charge in [-0.3, -0.25) is 4.79 Å². The third kappa shape index (κ3) is 6.61. The Bertz CT molecular complexity index is 596. The van der Waals surface area contributed by atoms with Gasteiger partial charge < -0.3 is 20.0 Å². The average Bonchev–Trinajstić information content (AvgIpc) is 2.82. The van der Waals surface area contributed by atoms with E-state index in [9.17, 15) is 19.8 Å². The number of rotatable bonds is 8. The summed E-state index contributed by atoms with van der Waals surface area (Å²) in [6.07, 6.45) is 0.504. The molecule has 0 bridgehead atoms. The van der Waals surface area contributed by atoms with E-state index in [1.54, 1.807) is 4.90 Å². The first-order chi connectivity index (χ1) is 11.9. The SMILES string of the molecule is CCN(CC(C)(C)C)C(=O)C[C@@H](CC(C)C)C(=O)On1c(O)ccc1O. The summed E-state index contributed by atoms with van der Waals surface area (Å²) < 4.78 is 0.660. The summed E-state index contributed by atoms with van der Waals surface area (Å²) in [5, 5.41) is 19.3. The molecule has 1 aromatic heterocycles. The number of hydrogen-bond donors (Lipinski definition) is 2. The van der Waals surface area contributed by atoms with Crippen LogP contribution < -0.4 is 4.84 Å². The monoisotopic (exact) mass is 368 g/mol. The summed E-state index contributed by atoms with van der Waals surface area (Å²) >= 11 is 0. The van der Waals surface area contributed by atoms with E-state index in [2.05, 4.69) is 20.8 Å². The van der Waals surface area contributed by atoms with E-state index in [4.69, 9.17) is 4.84 Å². The molecule has 1 aromatic rings. The van der Waals surface area contributed by atoms with Gasteiger partial charge in [-0.15, -0.1) is 4.73 Å². The molecular weight excluding hydrogens is 336 g/mol. The number of aromatic hydroxyl groups is 2. The number of hydrogen-bond acceptors (Lipinski definition) is 5. The Balaban J connectivity index is 2.88. The van der Waals surface area contributed by atoms with Crippen molar-refractivity contribution in [1.82, 2.24) is 9.63 Å². The molecule has 0 saturated heterocycles. The summed E-state index contributed by atoms with van der Waals surface area (Å²) in [4.78, 5) is 32.1. The zero-order chi connectivity index (χ0) is 20.1. The Hall–Kier alpha value is -2.18. The summed E-state index contributed by atoms with van der Waals surface area (Å²) in [5.74, 6) is -1.99. The molecule has 0 spiro atoms. The highest BCUT2D eigenvalue weighted by Crippen LogP contribution is 2.23. The van der Waals surface area contributed by atoms with E-state index in [1.807, 2.05) is 20.8 Å². The first kappa shape index (κ1) is 21.9. The standard InChI is InChI=1S/C19H32N2O5/c1-7-20(12-19(4,5)6)17(24)11-14(10-13(2)3)18(25)26-21-15(22)8-9-16(21)23/h8-9,13-14,22-23H,7,10-12H2,1-6H3/t14-/m1/s1. The van der Waals surface area contributed by atoms with Gasteiger partial charge in [-0.1, -0.05) is 34.6 Å². The van der Waals surface area contributed by atoms with Gasteiger partial charge in [-0.2, -0.15) is 0 Å². The van der Waals surface area contributed by atoms with E-state index in [1.165, 1.54) is 12.1 Å². The summed E-state index contributed by atoms with van der Waals surface area (Å²) in [6.45, 7) is 13.2. The van der Waals surface area contributed by atoms with Crippen LogP contribution >= 0.6 is 0 Å². The zero-order valence-electron chi connectivity index (χ0n) is 16.7. The second-order valence-electron chi connectivity index (χ2n) is 8.25. The smallest absolute Gasteiger partial charge is 0.336 e. The molecule has 0 radical (unpaired) electrons. The molecule has 0 fully saturated rings. The molecule has 0 unspecified atom stereocenters. The molecule has 1 atom stereocenters. The lowest BCUT2D eigenvalue weighted by Gasteiger charge is -2.30. The molecule has 0 aliphatic rings. The van der Waals surface area contributed by atoms with Crippen molar-refractivity contribution in [2.45, 2.75) is 54.4 Å². The number of amides is 1. The van der Waals surface area contributed by atoms with Gasteiger partial charge in [0, 0.05) is 31.6 Å². The largest absolute Gasteiger partial charge is 0.492 e. The van der Waals surface area contributed by atoms with Gasteiger partial charge in [0.25, 0.3) is 0 Å². The van der Waals surface area contributed by atoms with E-state index in [0.717, 1.165) is 0 Å². The maximum Gasteiger partial charge on any atom is 0.336 e. The molecule has 1 amide bonds. The summed E-state index contributed by atoms with van der Waals surface area (Å²) in [7, 11) is 0. The van der Waals surface area contributed by atoms with Crippen molar-refractivity contribution in [3.63, 3.8) is 0 Å². The fourth-order valence-corrected chi connectivity index (χ4v) is 2.78. The minimum atomic E-state index is -0.655. The van der Waals surface area contributed by atoms with Crippen molar-refractivity contribution in [3.05, 3.63) is 12.1 Å². The summed E-state index contributed by atoms with van der Waals surface area (Å²) in [5.41, 5.74) is -0.0392. The van der Waals surface area contributed by atoms with E-state index < -0.39 is 11.9 Å². The Morgan fingerprint density at radius 2 is 1.73 bits per heavy atom. The maximum atomic E-state index is 12.7. The van der Waals surface area contributed by atoms with Crippen molar-refractivity contribution in [3.8, 4) is 11.8 Å². The normalized spacial score (nSPS) is 12.9. The predicted molar refractivity (Wildman–Crippen MR) is 98.6 cm³/mol. The molecule has 26 heavy (non-hydrogen) atoms. The predicted octanol–water partition coefficient (Wildman–Crippen LogP) is 2.80. The number of aromatic nitrogens is 1. The second-order valence-corrected chi connectivity index (χ2v) is 8.25. The lowest BCUT2D eigenvalue weighted by Crippen LogP contribution is -2.40. The van der Waals surface area contributed by atoms with Crippen molar-refractivity contribution < 1.29 is 24.6 Å². The topological polar surface area (TPSA) is 92.0 Å². The molecule has 1 rings (SSSR count). The highest BCUT2D eigenvalue weighted by Gasteiger charge is 2.29. The zero-order valence-corrected chi connectivity index (χ0v) is 16.7. The molecule has 0 aliphatic heterocycles. The van der Waals surface area contributed by atoms with Crippen LogP contribution in [0.25, 0.3) is 0 Å². The lowest BCUT2D eigenvalue weighted by molar-refractivity contribution is -0.154. The van der Waals surface area contributed by atoms with Crippen molar-refractivity contribution in [1.29, 1.82) is 0 Å². The van der Waals surface area contributed by atoms with Crippen molar-refractivity contribution >= 4 is 11.9 Å². The first-order valence-corrected chi connectivity index (χ1v) is 9.04.